The van der Waals surface area contributed by atoms with Gasteiger partial charge < -0.3 is 15.1 Å². The highest BCUT2D eigenvalue weighted by atomic mass is 32.2. The molecule has 0 radical (unpaired) electrons. The first-order chi connectivity index (χ1) is 15.1. The summed E-state index contributed by atoms with van der Waals surface area (Å²) in [6, 6.07) is 20.4. The molecule has 0 saturated carbocycles. The van der Waals surface area contributed by atoms with E-state index in [2.05, 4.69) is 33.8 Å². The molecule has 0 bridgehead atoms. The number of fused-ring (bicyclic) bond motifs is 2. The van der Waals surface area contributed by atoms with Crippen LogP contribution in [0.5, 0.6) is 0 Å². The third-order valence-corrected chi connectivity index (χ3v) is 6.92. The van der Waals surface area contributed by atoms with Gasteiger partial charge in [0.15, 0.2) is 0 Å². The first kappa shape index (κ1) is 19.7. The maximum atomic E-state index is 13.2. The molecule has 1 amide bonds. The topological polar surface area (TPSA) is 35.6 Å². The lowest BCUT2D eigenvalue weighted by Crippen LogP contribution is -2.45. The quantitative estimate of drug-likeness (QED) is 0.608. The van der Waals surface area contributed by atoms with Crippen LogP contribution in [0.4, 0.5) is 15.8 Å². The molecule has 2 heterocycles. The highest BCUT2D eigenvalue weighted by molar-refractivity contribution is 7.99. The van der Waals surface area contributed by atoms with Crippen molar-refractivity contribution in [2.24, 2.45) is 0 Å². The van der Waals surface area contributed by atoms with Crippen molar-refractivity contribution in [2.45, 2.75) is 9.79 Å². The molecule has 156 valence electrons. The maximum absolute atomic E-state index is 13.2. The van der Waals surface area contributed by atoms with Crippen molar-refractivity contribution in [1.82, 2.24) is 4.90 Å². The predicted octanol–water partition coefficient (Wildman–Crippen LogP) is 5.34. The fourth-order valence-corrected chi connectivity index (χ4v) is 5.03. The molecule has 31 heavy (non-hydrogen) atoms. The zero-order valence-corrected chi connectivity index (χ0v) is 17.8. The Balaban J connectivity index is 1.30. The van der Waals surface area contributed by atoms with Crippen molar-refractivity contribution in [3.63, 3.8) is 0 Å². The SMILES string of the molecule is C=C(c1ccc2c(c1)NC(=O)c1ccccc1S2)N1CCN(c2ccc(F)cc2)CC1. The van der Waals surface area contributed by atoms with Crippen molar-refractivity contribution >= 4 is 34.7 Å². The molecule has 0 aliphatic carbocycles. The smallest absolute Gasteiger partial charge is 0.256 e. The van der Waals surface area contributed by atoms with Gasteiger partial charge in [0.25, 0.3) is 5.91 Å². The molecule has 1 fully saturated rings. The van der Waals surface area contributed by atoms with Gasteiger partial charge in [0.05, 0.1) is 11.3 Å². The van der Waals surface area contributed by atoms with E-state index in [1.165, 1.54) is 12.1 Å². The Morgan fingerprint density at radius 2 is 1.68 bits per heavy atom. The first-order valence-electron chi connectivity index (χ1n) is 10.3. The second-order valence-electron chi connectivity index (χ2n) is 7.66. The number of rotatable bonds is 3. The van der Waals surface area contributed by atoms with E-state index in [0.29, 0.717) is 5.56 Å². The number of anilines is 2. The van der Waals surface area contributed by atoms with Gasteiger partial charge in [-0.1, -0.05) is 36.5 Å². The van der Waals surface area contributed by atoms with Gasteiger partial charge in [-0.3, -0.25) is 4.79 Å². The standard InChI is InChI=1S/C25H22FN3OS/c1-17(28-12-14-29(15-13-28)20-9-7-19(26)8-10-20)18-6-11-24-22(16-18)27-25(30)21-4-2-3-5-23(21)31-24/h2-11,16H,1,12-15H2,(H,27,30). The molecule has 1 saturated heterocycles. The minimum atomic E-state index is -0.215. The van der Waals surface area contributed by atoms with Crippen molar-refractivity contribution < 1.29 is 9.18 Å². The maximum Gasteiger partial charge on any atom is 0.256 e. The molecule has 2 aliphatic heterocycles. The molecule has 3 aromatic carbocycles. The van der Waals surface area contributed by atoms with Gasteiger partial charge in [0.2, 0.25) is 0 Å². The Kier molecular flexibility index (Phi) is 5.16. The number of halogens is 1. The fraction of sp³-hybridized carbons (Fsp3) is 0.160. The van der Waals surface area contributed by atoms with Gasteiger partial charge in [-0.25, -0.2) is 4.39 Å². The minimum absolute atomic E-state index is 0.0856. The number of nitrogens with one attached hydrogen (secondary N) is 1. The largest absolute Gasteiger partial charge is 0.368 e. The van der Waals surface area contributed by atoms with E-state index >= 15 is 0 Å². The Morgan fingerprint density at radius 1 is 0.935 bits per heavy atom. The van der Waals surface area contributed by atoms with Gasteiger partial charge in [-0.05, 0) is 54.1 Å². The van der Waals surface area contributed by atoms with Crippen LogP contribution in [-0.2, 0) is 0 Å². The summed E-state index contributed by atoms with van der Waals surface area (Å²) in [5, 5.41) is 3.05. The molecule has 2 aliphatic rings. The van der Waals surface area contributed by atoms with E-state index in [1.54, 1.807) is 11.8 Å². The van der Waals surface area contributed by atoms with Crippen molar-refractivity contribution in [2.75, 3.05) is 36.4 Å². The number of hydrogen-bond donors (Lipinski definition) is 1. The van der Waals surface area contributed by atoms with Crippen LogP contribution in [0.1, 0.15) is 15.9 Å². The van der Waals surface area contributed by atoms with Crippen LogP contribution >= 0.6 is 11.8 Å². The molecular weight excluding hydrogens is 409 g/mol. The molecule has 3 aromatic rings. The Morgan fingerprint density at radius 3 is 2.45 bits per heavy atom. The van der Waals surface area contributed by atoms with Crippen LogP contribution in [-0.4, -0.2) is 37.0 Å². The van der Waals surface area contributed by atoms with Crippen LogP contribution in [0.15, 0.2) is 83.1 Å². The van der Waals surface area contributed by atoms with Crippen LogP contribution in [0.25, 0.3) is 5.70 Å². The van der Waals surface area contributed by atoms with Gasteiger partial charge in [-0.2, -0.15) is 0 Å². The van der Waals surface area contributed by atoms with Gasteiger partial charge in [-0.15, -0.1) is 0 Å². The minimum Gasteiger partial charge on any atom is -0.368 e. The summed E-state index contributed by atoms with van der Waals surface area (Å²) >= 11 is 1.60. The fourth-order valence-electron chi connectivity index (χ4n) is 4.02. The van der Waals surface area contributed by atoms with Crippen LogP contribution in [0, 0.1) is 5.82 Å². The summed E-state index contributed by atoms with van der Waals surface area (Å²) < 4.78 is 13.2. The van der Waals surface area contributed by atoms with Crippen molar-refractivity contribution in [3.05, 3.63) is 90.3 Å². The second kappa shape index (κ2) is 8.12. The Bertz CT molecular complexity index is 1150. The number of benzene rings is 3. The summed E-state index contributed by atoms with van der Waals surface area (Å²) in [4.78, 5) is 19.2. The third-order valence-electron chi connectivity index (χ3n) is 5.77. The highest BCUT2D eigenvalue weighted by Gasteiger charge is 2.22. The Labute approximate surface area is 185 Å². The number of piperazine rings is 1. The van der Waals surface area contributed by atoms with Crippen molar-refractivity contribution in [1.29, 1.82) is 0 Å². The molecule has 6 heteroatoms. The second-order valence-corrected chi connectivity index (χ2v) is 8.74. The average molecular weight is 432 g/mol. The lowest BCUT2D eigenvalue weighted by atomic mass is 10.1. The number of carbonyl (C=O) groups is 1. The van der Waals surface area contributed by atoms with Crippen LogP contribution in [0.2, 0.25) is 0 Å². The molecule has 4 nitrogen and oxygen atoms in total. The molecule has 0 atom stereocenters. The number of amides is 1. The first-order valence-corrected chi connectivity index (χ1v) is 11.1. The summed E-state index contributed by atoms with van der Waals surface area (Å²) in [6.45, 7) is 7.68. The molecule has 0 spiro atoms. The van der Waals surface area contributed by atoms with E-state index < -0.39 is 0 Å². The van der Waals surface area contributed by atoms with E-state index in [4.69, 9.17) is 0 Å². The van der Waals surface area contributed by atoms with Crippen molar-refractivity contribution in [3.8, 4) is 0 Å². The summed E-state index contributed by atoms with van der Waals surface area (Å²) in [6.07, 6.45) is 0. The summed E-state index contributed by atoms with van der Waals surface area (Å²) in [7, 11) is 0. The van der Waals surface area contributed by atoms with Gasteiger partial charge in [0, 0.05) is 47.4 Å². The summed E-state index contributed by atoms with van der Waals surface area (Å²) in [5.74, 6) is -0.301. The summed E-state index contributed by atoms with van der Waals surface area (Å²) in [5.41, 5.74) is 4.50. The van der Waals surface area contributed by atoms with Gasteiger partial charge in [0.1, 0.15) is 5.82 Å². The molecule has 5 rings (SSSR count). The van der Waals surface area contributed by atoms with E-state index in [0.717, 1.165) is 58.6 Å². The number of hydrogen-bond acceptors (Lipinski definition) is 4. The number of carbonyl (C=O) groups excluding carboxylic acids is 1. The van der Waals surface area contributed by atoms with Crippen LogP contribution < -0.4 is 10.2 Å². The average Bonchev–Trinajstić information content (AvgIpc) is 2.94. The Hall–Kier alpha value is -3.25. The monoisotopic (exact) mass is 431 g/mol. The van der Waals surface area contributed by atoms with E-state index in [9.17, 15) is 9.18 Å². The van der Waals surface area contributed by atoms with Gasteiger partial charge >= 0.3 is 0 Å². The zero-order valence-electron chi connectivity index (χ0n) is 17.0. The molecule has 0 aromatic heterocycles. The van der Waals surface area contributed by atoms with E-state index in [-0.39, 0.29) is 11.7 Å². The zero-order chi connectivity index (χ0) is 21.4. The molecule has 0 unspecified atom stereocenters. The lowest BCUT2D eigenvalue weighted by Gasteiger charge is -2.38. The number of nitrogens with zero attached hydrogens (tertiary/aromatic N) is 2. The highest BCUT2D eigenvalue weighted by Crippen LogP contribution is 2.40. The van der Waals surface area contributed by atoms with Crippen LogP contribution in [0.3, 0.4) is 0 Å². The third kappa shape index (κ3) is 3.91. The van der Waals surface area contributed by atoms with E-state index in [1.807, 2.05) is 42.5 Å². The lowest BCUT2D eigenvalue weighted by molar-refractivity contribution is 0.102. The molecular formula is C25H22FN3OS. The predicted molar refractivity (Wildman–Crippen MR) is 124 cm³/mol. The normalized spacial score (nSPS) is 15.6. The molecule has 1 N–H and O–H groups in total.